The smallest absolute Gasteiger partial charge is 0.286 e. The lowest BCUT2D eigenvalue weighted by Crippen LogP contribution is -2.28. The second kappa shape index (κ2) is 7.16. The number of benzene rings is 2. The number of carbonyl (C=O) groups is 1. The van der Waals surface area contributed by atoms with Crippen LogP contribution in [0.3, 0.4) is 0 Å². The third kappa shape index (κ3) is 3.78. The van der Waals surface area contributed by atoms with Crippen LogP contribution in [0.2, 0.25) is 0 Å². The van der Waals surface area contributed by atoms with Crippen molar-refractivity contribution in [2.45, 2.75) is 6.18 Å². The van der Waals surface area contributed by atoms with Crippen LogP contribution in [0.4, 0.5) is 18.3 Å². The van der Waals surface area contributed by atoms with Gasteiger partial charge in [-0.15, -0.1) is 10.2 Å². The number of halogens is 4. The molecule has 2 aromatic carbocycles. The molecule has 0 saturated carbocycles. The maximum absolute atomic E-state index is 13.1. The van der Waals surface area contributed by atoms with Crippen molar-refractivity contribution < 1.29 is 18.0 Å². The minimum absolute atomic E-state index is 0.213. The molecule has 1 aromatic heterocycles. The molecule has 0 aliphatic carbocycles. The van der Waals surface area contributed by atoms with E-state index in [1.54, 1.807) is 0 Å². The Morgan fingerprint density at radius 2 is 1.73 bits per heavy atom. The van der Waals surface area contributed by atoms with Crippen molar-refractivity contribution in [3.05, 3.63) is 64.1 Å². The van der Waals surface area contributed by atoms with Crippen molar-refractivity contribution in [2.24, 2.45) is 0 Å². The third-order valence-corrected chi connectivity index (χ3v) is 5.14. The molecule has 9 heteroatoms. The highest BCUT2D eigenvalue weighted by atomic mass is 79.9. The van der Waals surface area contributed by atoms with E-state index in [0.29, 0.717) is 5.01 Å². The number of anilines is 1. The van der Waals surface area contributed by atoms with Gasteiger partial charge in [0.1, 0.15) is 5.01 Å². The molecule has 4 nitrogen and oxygen atoms in total. The van der Waals surface area contributed by atoms with Gasteiger partial charge in [-0.05, 0) is 24.3 Å². The molecule has 0 unspecified atom stereocenters. The van der Waals surface area contributed by atoms with Gasteiger partial charge in [0.15, 0.2) is 0 Å². The topological polar surface area (TPSA) is 46.1 Å². The van der Waals surface area contributed by atoms with Crippen LogP contribution in [-0.2, 0) is 6.18 Å². The first-order valence-electron chi connectivity index (χ1n) is 7.31. The quantitative estimate of drug-likeness (QED) is 0.556. The van der Waals surface area contributed by atoms with Gasteiger partial charge in [0.2, 0.25) is 5.13 Å². The SMILES string of the molecule is CN(C(=O)c1ccccc1C(F)(F)F)c1nnc(-c2ccc(Br)cc2)s1. The summed E-state index contributed by atoms with van der Waals surface area (Å²) < 4.78 is 40.3. The maximum Gasteiger partial charge on any atom is 0.417 e. The van der Waals surface area contributed by atoms with Gasteiger partial charge in [-0.1, -0.05) is 51.5 Å². The predicted octanol–water partition coefficient (Wildman–Crippen LogP) is 5.26. The van der Waals surface area contributed by atoms with Gasteiger partial charge in [-0.2, -0.15) is 13.2 Å². The fourth-order valence-electron chi connectivity index (χ4n) is 2.24. The summed E-state index contributed by atoms with van der Waals surface area (Å²) in [7, 11) is 1.38. The summed E-state index contributed by atoms with van der Waals surface area (Å²) in [5.74, 6) is -0.795. The molecule has 0 spiro atoms. The van der Waals surface area contributed by atoms with Gasteiger partial charge in [0.25, 0.3) is 5.91 Å². The molecule has 0 saturated heterocycles. The summed E-state index contributed by atoms with van der Waals surface area (Å²) in [6.45, 7) is 0. The van der Waals surface area contributed by atoms with E-state index in [1.807, 2.05) is 24.3 Å². The van der Waals surface area contributed by atoms with E-state index in [9.17, 15) is 18.0 Å². The molecule has 3 aromatic rings. The fraction of sp³-hybridized carbons (Fsp3) is 0.118. The van der Waals surface area contributed by atoms with E-state index in [-0.39, 0.29) is 5.13 Å². The molecule has 0 N–H and O–H groups in total. The first kappa shape index (κ1) is 18.5. The Labute approximate surface area is 159 Å². The van der Waals surface area contributed by atoms with Crippen LogP contribution in [0, 0.1) is 0 Å². The van der Waals surface area contributed by atoms with Crippen molar-refractivity contribution in [3.63, 3.8) is 0 Å². The molecule has 1 amide bonds. The van der Waals surface area contributed by atoms with Gasteiger partial charge >= 0.3 is 6.18 Å². The van der Waals surface area contributed by atoms with Crippen molar-refractivity contribution >= 4 is 38.3 Å². The van der Waals surface area contributed by atoms with Gasteiger partial charge in [-0.25, -0.2) is 0 Å². The number of rotatable bonds is 3. The zero-order chi connectivity index (χ0) is 18.9. The molecule has 1 heterocycles. The van der Waals surface area contributed by atoms with Crippen LogP contribution in [0.1, 0.15) is 15.9 Å². The lowest BCUT2D eigenvalue weighted by molar-refractivity contribution is -0.137. The van der Waals surface area contributed by atoms with E-state index in [0.717, 1.165) is 38.4 Å². The zero-order valence-corrected chi connectivity index (χ0v) is 15.7. The van der Waals surface area contributed by atoms with E-state index >= 15 is 0 Å². The molecule has 0 atom stereocenters. The minimum atomic E-state index is -4.61. The largest absolute Gasteiger partial charge is 0.417 e. The highest BCUT2D eigenvalue weighted by Gasteiger charge is 2.36. The zero-order valence-electron chi connectivity index (χ0n) is 13.3. The summed E-state index contributed by atoms with van der Waals surface area (Å²) in [6, 6.07) is 12.0. The summed E-state index contributed by atoms with van der Waals surface area (Å²) in [5, 5.41) is 8.73. The van der Waals surface area contributed by atoms with Crippen molar-refractivity contribution in [2.75, 3.05) is 11.9 Å². The number of alkyl halides is 3. The van der Waals surface area contributed by atoms with Gasteiger partial charge in [0, 0.05) is 17.1 Å². The summed E-state index contributed by atoms with van der Waals surface area (Å²) in [4.78, 5) is 13.6. The molecular weight excluding hydrogens is 431 g/mol. The minimum Gasteiger partial charge on any atom is -0.286 e. The van der Waals surface area contributed by atoms with Crippen LogP contribution >= 0.6 is 27.3 Å². The normalized spacial score (nSPS) is 11.4. The van der Waals surface area contributed by atoms with E-state index in [2.05, 4.69) is 26.1 Å². The highest BCUT2D eigenvalue weighted by Crippen LogP contribution is 2.34. The van der Waals surface area contributed by atoms with Crippen molar-refractivity contribution in [1.29, 1.82) is 0 Å². The molecule has 0 bridgehead atoms. The maximum atomic E-state index is 13.1. The van der Waals surface area contributed by atoms with Crippen molar-refractivity contribution in [3.8, 4) is 10.6 Å². The van der Waals surface area contributed by atoms with Crippen molar-refractivity contribution in [1.82, 2.24) is 10.2 Å². The second-order valence-corrected chi connectivity index (χ2v) is 7.18. The van der Waals surface area contributed by atoms with Gasteiger partial charge in [0.05, 0.1) is 11.1 Å². The average Bonchev–Trinajstić information content (AvgIpc) is 3.10. The van der Waals surface area contributed by atoms with E-state index in [4.69, 9.17) is 0 Å². The van der Waals surface area contributed by atoms with Crippen LogP contribution < -0.4 is 4.90 Å². The Bertz CT molecular complexity index is 941. The van der Waals surface area contributed by atoms with E-state index in [1.165, 1.54) is 19.2 Å². The molecule has 0 aliphatic rings. The molecule has 0 aliphatic heterocycles. The Morgan fingerprint density at radius 3 is 2.38 bits per heavy atom. The predicted molar refractivity (Wildman–Crippen MR) is 97.2 cm³/mol. The Kier molecular flexibility index (Phi) is 5.10. The molecule has 26 heavy (non-hydrogen) atoms. The second-order valence-electron chi connectivity index (χ2n) is 5.30. The molecule has 3 rings (SSSR count). The van der Waals surface area contributed by atoms with E-state index < -0.39 is 23.2 Å². The monoisotopic (exact) mass is 441 g/mol. The molecular formula is C17H11BrF3N3OS. The number of amides is 1. The van der Waals surface area contributed by atoms with Gasteiger partial charge in [-0.3, -0.25) is 9.69 Å². The Hall–Kier alpha value is -2.26. The lowest BCUT2D eigenvalue weighted by atomic mass is 10.1. The summed E-state index contributed by atoms with van der Waals surface area (Å²) in [6.07, 6.45) is -4.61. The first-order valence-corrected chi connectivity index (χ1v) is 8.92. The molecule has 0 radical (unpaired) electrons. The standard InChI is InChI=1S/C17H11BrF3N3OS/c1-24(15(25)12-4-2-3-5-13(12)17(19,20)21)16-23-22-14(26-16)10-6-8-11(18)9-7-10/h2-9H,1H3. The number of carbonyl (C=O) groups excluding carboxylic acids is 1. The fourth-order valence-corrected chi connectivity index (χ4v) is 3.32. The number of hydrogen-bond donors (Lipinski definition) is 0. The average molecular weight is 442 g/mol. The highest BCUT2D eigenvalue weighted by molar-refractivity contribution is 9.10. The Balaban J connectivity index is 1.90. The third-order valence-electron chi connectivity index (χ3n) is 3.56. The number of aromatic nitrogens is 2. The van der Waals surface area contributed by atoms with Gasteiger partial charge < -0.3 is 0 Å². The molecule has 134 valence electrons. The van der Waals surface area contributed by atoms with Crippen LogP contribution in [-0.4, -0.2) is 23.2 Å². The molecule has 0 fully saturated rings. The number of nitrogens with zero attached hydrogens (tertiary/aromatic N) is 3. The summed E-state index contributed by atoms with van der Waals surface area (Å²) >= 11 is 4.46. The van der Waals surface area contributed by atoms with Crippen LogP contribution in [0.15, 0.2) is 53.0 Å². The van der Waals surface area contributed by atoms with Crippen LogP contribution in [0.5, 0.6) is 0 Å². The number of hydrogen-bond acceptors (Lipinski definition) is 4. The van der Waals surface area contributed by atoms with Crippen LogP contribution in [0.25, 0.3) is 10.6 Å². The summed E-state index contributed by atoms with van der Waals surface area (Å²) in [5.41, 5.74) is -0.606. The first-order chi connectivity index (χ1) is 12.3. The lowest BCUT2D eigenvalue weighted by Gasteiger charge is -2.17. The Morgan fingerprint density at radius 1 is 1.08 bits per heavy atom.